The maximum Gasteiger partial charge on any atom is 0.322 e. The van der Waals surface area contributed by atoms with Crippen LogP contribution in [0.4, 0.5) is 4.79 Å². The minimum Gasteiger partial charge on any atom is -0.323 e. The van der Waals surface area contributed by atoms with Crippen molar-refractivity contribution < 1.29 is 9.59 Å². The molecule has 1 spiro atoms. The van der Waals surface area contributed by atoms with Crippen molar-refractivity contribution in [3.8, 4) is 0 Å². The molecule has 0 aromatic heterocycles. The number of rotatable bonds is 1. The fourth-order valence-electron chi connectivity index (χ4n) is 3.57. The summed E-state index contributed by atoms with van der Waals surface area (Å²) in [5.41, 5.74) is 0.403. The Morgan fingerprint density at radius 2 is 1.95 bits per heavy atom. The van der Waals surface area contributed by atoms with Gasteiger partial charge in [0.15, 0.2) is 0 Å². The summed E-state index contributed by atoms with van der Waals surface area (Å²) < 4.78 is 0. The number of carbonyl (C=O) groups is 2. The quantitative estimate of drug-likeness (QED) is 0.758. The third kappa shape index (κ3) is 1.81. The Balaban J connectivity index is 1.99. The average molecular weight is 273 g/mol. The Hall–Kier alpha value is -1.88. The molecule has 0 saturated carbocycles. The molecule has 2 saturated heterocycles. The number of urea groups is 1. The Morgan fingerprint density at radius 1 is 1.25 bits per heavy atom. The van der Waals surface area contributed by atoms with Crippen LogP contribution in [-0.2, 0) is 4.79 Å². The number of likely N-dealkylation sites (tertiary alicyclic amines) is 1. The van der Waals surface area contributed by atoms with E-state index in [1.807, 2.05) is 25.1 Å². The van der Waals surface area contributed by atoms with E-state index in [0.29, 0.717) is 6.42 Å². The van der Waals surface area contributed by atoms with Gasteiger partial charge in [0.25, 0.3) is 5.91 Å². The maximum atomic E-state index is 12.2. The minimum atomic E-state index is -0.774. The summed E-state index contributed by atoms with van der Waals surface area (Å²) in [6, 6.07) is 9.88. The summed E-state index contributed by atoms with van der Waals surface area (Å²) in [5, 5.41) is 5.25. The number of piperidine rings is 1. The molecule has 20 heavy (non-hydrogen) atoms. The van der Waals surface area contributed by atoms with E-state index >= 15 is 0 Å². The summed E-state index contributed by atoms with van der Waals surface area (Å²) in [7, 11) is 2.07. The van der Waals surface area contributed by atoms with Crippen LogP contribution in [0, 0.1) is 5.92 Å². The van der Waals surface area contributed by atoms with Crippen LogP contribution < -0.4 is 10.6 Å². The second-order valence-corrected chi connectivity index (χ2v) is 5.75. The zero-order valence-corrected chi connectivity index (χ0v) is 11.7. The Bertz CT molecular complexity index is 545. The molecule has 0 radical (unpaired) electrons. The highest BCUT2D eigenvalue weighted by atomic mass is 16.2. The summed E-state index contributed by atoms with van der Waals surface area (Å²) in [4.78, 5) is 26.0. The molecule has 3 atom stereocenters. The van der Waals surface area contributed by atoms with Crippen LogP contribution >= 0.6 is 0 Å². The third-order valence-corrected chi connectivity index (χ3v) is 4.69. The monoisotopic (exact) mass is 273 g/mol. The molecule has 0 aliphatic carbocycles. The predicted molar refractivity (Wildman–Crippen MR) is 75.0 cm³/mol. The molecule has 1 aromatic rings. The van der Waals surface area contributed by atoms with Crippen molar-refractivity contribution in [1.82, 2.24) is 15.5 Å². The van der Waals surface area contributed by atoms with Gasteiger partial charge in [-0.15, -0.1) is 0 Å². The molecular weight excluding hydrogens is 254 g/mol. The molecule has 2 heterocycles. The largest absolute Gasteiger partial charge is 0.323 e. The van der Waals surface area contributed by atoms with E-state index in [1.54, 1.807) is 0 Å². The molecule has 3 amide bonds. The standard InChI is InChI=1S/C15H19N3O2/c1-10-12(11-6-4-3-5-7-11)18(2)9-8-15(10)13(19)16-14(20)17-15/h3-7,10,12H,8-9H2,1-2H3,(H2,16,17,19,20)/t10-,12-,15-/m1/s1. The van der Waals surface area contributed by atoms with Gasteiger partial charge >= 0.3 is 6.03 Å². The van der Waals surface area contributed by atoms with Crippen molar-refractivity contribution in [1.29, 1.82) is 0 Å². The van der Waals surface area contributed by atoms with E-state index in [2.05, 4.69) is 34.7 Å². The van der Waals surface area contributed by atoms with E-state index in [-0.39, 0.29) is 23.9 Å². The maximum absolute atomic E-state index is 12.2. The van der Waals surface area contributed by atoms with Gasteiger partial charge in [0.1, 0.15) is 5.54 Å². The smallest absolute Gasteiger partial charge is 0.322 e. The van der Waals surface area contributed by atoms with E-state index in [4.69, 9.17) is 0 Å². The molecule has 0 bridgehead atoms. The van der Waals surface area contributed by atoms with Gasteiger partial charge in [-0.05, 0) is 19.0 Å². The number of amides is 3. The van der Waals surface area contributed by atoms with Gasteiger partial charge in [-0.3, -0.25) is 15.0 Å². The highest BCUT2D eigenvalue weighted by molar-refractivity contribution is 6.07. The van der Waals surface area contributed by atoms with Crippen molar-refractivity contribution in [3.63, 3.8) is 0 Å². The number of carbonyl (C=O) groups excluding carboxylic acids is 2. The van der Waals surface area contributed by atoms with Gasteiger partial charge in [0, 0.05) is 18.5 Å². The zero-order valence-electron chi connectivity index (χ0n) is 11.7. The van der Waals surface area contributed by atoms with Crippen LogP contribution in [0.1, 0.15) is 24.9 Å². The van der Waals surface area contributed by atoms with Gasteiger partial charge in [-0.2, -0.15) is 0 Å². The first-order valence-electron chi connectivity index (χ1n) is 6.93. The highest BCUT2D eigenvalue weighted by Gasteiger charge is 2.55. The van der Waals surface area contributed by atoms with E-state index in [1.165, 1.54) is 5.56 Å². The molecule has 5 heteroatoms. The van der Waals surface area contributed by atoms with Gasteiger partial charge in [-0.1, -0.05) is 37.3 Å². The Morgan fingerprint density at radius 3 is 2.55 bits per heavy atom. The molecule has 0 unspecified atom stereocenters. The first kappa shape index (κ1) is 13.1. The summed E-state index contributed by atoms with van der Waals surface area (Å²) >= 11 is 0. The lowest BCUT2D eigenvalue weighted by molar-refractivity contribution is -0.129. The van der Waals surface area contributed by atoms with Crippen LogP contribution in [0.25, 0.3) is 0 Å². The van der Waals surface area contributed by atoms with Crippen molar-refractivity contribution >= 4 is 11.9 Å². The first-order chi connectivity index (χ1) is 9.54. The van der Waals surface area contributed by atoms with E-state index < -0.39 is 5.54 Å². The SMILES string of the molecule is C[C@@H]1[C@H](c2ccccc2)N(C)CC[C@@]12NC(=O)NC2=O. The number of benzene rings is 1. The van der Waals surface area contributed by atoms with Crippen LogP contribution in [-0.4, -0.2) is 36.0 Å². The number of hydrogen-bond acceptors (Lipinski definition) is 3. The molecule has 2 aliphatic heterocycles. The van der Waals surface area contributed by atoms with Crippen molar-refractivity contribution in [2.45, 2.75) is 24.9 Å². The third-order valence-electron chi connectivity index (χ3n) is 4.69. The van der Waals surface area contributed by atoms with Gasteiger partial charge in [0.05, 0.1) is 0 Å². The molecule has 106 valence electrons. The lowest BCUT2D eigenvalue weighted by atomic mass is 9.72. The lowest BCUT2D eigenvalue weighted by Gasteiger charge is -2.47. The van der Waals surface area contributed by atoms with Gasteiger partial charge < -0.3 is 5.32 Å². The summed E-state index contributed by atoms with van der Waals surface area (Å²) in [5.74, 6) is -0.181. The second-order valence-electron chi connectivity index (χ2n) is 5.75. The van der Waals surface area contributed by atoms with Gasteiger partial charge in [-0.25, -0.2) is 4.79 Å². The van der Waals surface area contributed by atoms with Crippen molar-refractivity contribution in [2.24, 2.45) is 5.92 Å². The van der Waals surface area contributed by atoms with E-state index in [9.17, 15) is 9.59 Å². The number of hydrogen-bond donors (Lipinski definition) is 2. The van der Waals surface area contributed by atoms with Crippen LogP contribution in [0.2, 0.25) is 0 Å². The molecular formula is C15H19N3O2. The number of nitrogens with zero attached hydrogens (tertiary/aromatic N) is 1. The normalized spacial score (nSPS) is 34.1. The summed E-state index contributed by atoms with van der Waals surface area (Å²) in [6.07, 6.45) is 0.644. The zero-order chi connectivity index (χ0) is 14.3. The van der Waals surface area contributed by atoms with Crippen LogP contribution in [0.3, 0.4) is 0 Å². The fraction of sp³-hybridized carbons (Fsp3) is 0.467. The average Bonchev–Trinajstić information content (AvgIpc) is 2.72. The molecule has 1 aromatic carbocycles. The van der Waals surface area contributed by atoms with Crippen molar-refractivity contribution in [2.75, 3.05) is 13.6 Å². The topological polar surface area (TPSA) is 61.4 Å². The first-order valence-corrected chi connectivity index (χ1v) is 6.93. The van der Waals surface area contributed by atoms with Crippen LogP contribution in [0.5, 0.6) is 0 Å². The van der Waals surface area contributed by atoms with Crippen LogP contribution in [0.15, 0.2) is 30.3 Å². The minimum absolute atomic E-state index is 0.00935. The Labute approximate surface area is 118 Å². The molecule has 5 nitrogen and oxygen atoms in total. The number of imide groups is 1. The Kier molecular flexibility index (Phi) is 3.01. The second kappa shape index (κ2) is 4.59. The van der Waals surface area contributed by atoms with E-state index in [0.717, 1.165) is 6.54 Å². The van der Waals surface area contributed by atoms with Crippen molar-refractivity contribution in [3.05, 3.63) is 35.9 Å². The number of nitrogens with one attached hydrogen (secondary N) is 2. The highest BCUT2D eigenvalue weighted by Crippen LogP contribution is 2.42. The molecule has 2 fully saturated rings. The molecule has 2 N–H and O–H groups in total. The lowest BCUT2D eigenvalue weighted by Crippen LogP contribution is -2.60. The van der Waals surface area contributed by atoms with Gasteiger partial charge in [0.2, 0.25) is 0 Å². The summed E-state index contributed by atoms with van der Waals surface area (Å²) in [6.45, 7) is 2.82. The predicted octanol–water partition coefficient (Wildman–Crippen LogP) is 1.28. The molecule has 3 rings (SSSR count). The molecule has 2 aliphatic rings. The fourth-order valence-corrected chi connectivity index (χ4v) is 3.57.